The van der Waals surface area contributed by atoms with Crippen LogP contribution in [-0.4, -0.2) is 21.0 Å². The van der Waals surface area contributed by atoms with Gasteiger partial charge in [0.05, 0.1) is 33.3 Å². The number of fused-ring (bicyclic) bond motifs is 1. The summed E-state index contributed by atoms with van der Waals surface area (Å²) in [5.74, 6) is 0. The first-order chi connectivity index (χ1) is 10.1. The summed E-state index contributed by atoms with van der Waals surface area (Å²) in [4.78, 5) is 0. The molecular weight excluding hydrogens is 331 g/mol. The molecule has 1 aliphatic heterocycles. The Kier molecular flexibility index (Phi) is 4.08. The van der Waals surface area contributed by atoms with Gasteiger partial charge in [0.15, 0.2) is 0 Å². The van der Waals surface area contributed by atoms with Crippen molar-refractivity contribution in [3.63, 3.8) is 0 Å². The molecule has 2 heterocycles. The van der Waals surface area contributed by atoms with E-state index in [1.807, 2.05) is 0 Å². The molecule has 1 aliphatic rings. The van der Waals surface area contributed by atoms with Crippen molar-refractivity contribution >= 4 is 45.9 Å². The van der Waals surface area contributed by atoms with Crippen molar-refractivity contribution in [2.24, 2.45) is 8.73 Å². The lowest BCUT2D eigenvalue weighted by Crippen LogP contribution is -2.23. The lowest BCUT2D eigenvalue weighted by Gasteiger charge is -2.13. The lowest BCUT2D eigenvalue weighted by molar-refractivity contribution is 0.570. The van der Waals surface area contributed by atoms with Crippen LogP contribution in [0.2, 0.25) is 10.0 Å². The van der Waals surface area contributed by atoms with Crippen LogP contribution in [0.4, 0.5) is 11.4 Å². The SMILES string of the molecule is CC(C)NCc1cnnn1-c1c(Cl)cc(Cl)c2c1N=S=N2. The first-order valence-electron chi connectivity index (χ1n) is 6.31. The van der Waals surface area contributed by atoms with E-state index in [-0.39, 0.29) is 0 Å². The third-order valence-corrected chi connectivity index (χ3v) is 4.05. The van der Waals surface area contributed by atoms with Gasteiger partial charge in [-0.2, -0.15) is 8.73 Å². The van der Waals surface area contributed by atoms with E-state index in [1.165, 1.54) is 0 Å². The molecule has 1 aromatic heterocycles. The third kappa shape index (κ3) is 2.74. The van der Waals surface area contributed by atoms with Gasteiger partial charge in [-0.05, 0) is 6.07 Å². The summed E-state index contributed by atoms with van der Waals surface area (Å²) in [6.07, 6.45) is 1.70. The second-order valence-corrected chi connectivity index (χ2v) is 6.17. The Hall–Kier alpha value is -1.28. The molecule has 110 valence electrons. The summed E-state index contributed by atoms with van der Waals surface area (Å²) in [6, 6.07) is 2.01. The molecule has 0 bridgehead atoms. The van der Waals surface area contributed by atoms with Gasteiger partial charge in [0.1, 0.15) is 17.1 Å². The highest BCUT2D eigenvalue weighted by molar-refractivity contribution is 7.58. The summed E-state index contributed by atoms with van der Waals surface area (Å²) in [7, 11) is 0. The maximum absolute atomic E-state index is 6.33. The Bertz CT molecular complexity index is 763. The zero-order valence-corrected chi connectivity index (χ0v) is 13.7. The maximum Gasteiger partial charge on any atom is 0.133 e. The van der Waals surface area contributed by atoms with Crippen LogP contribution in [0.5, 0.6) is 0 Å². The number of halogens is 2. The fourth-order valence-corrected chi connectivity index (χ4v) is 3.12. The van der Waals surface area contributed by atoms with E-state index in [9.17, 15) is 0 Å². The quantitative estimate of drug-likeness (QED) is 0.783. The van der Waals surface area contributed by atoms with Gasteiger partial charge < -0.3 is 5.32 Å². The third-order valence-electron chi connectivity index (χ3n) is 2.94. The van der Waals surface area contributed by atoms with Gasteiger partial charge in [0, 0.05) is 12.6 Å². The van der Waals surface area contributed by atoms with Gasteiger partial charge in [0.2, 0.25) is 0 Å². The van der Waals surface area contributed by atoms with Crippen molar-refractivity contribution in [3.05, 3.63) is 28.0 Å². The zero-order chi connectivity index (χ0) is 15.0. The summed E-state index contributed by atoms with van der Waals surface area (Å²) in [6.45, 7) is 4.78. The highest BCUT2D eigenvalue weighted by Crippen LogP contribution is 2.46. The molecule has 21 heavy (non-hydrogen) atoms. The predicted octanol–water partition coefficient (Wildman–Crippen LogP) is 3.80. The highest BCUT2D eigenvalue weighted by Gasteiger charge is 2.22. The Morgan fingerprint density at radius 1 is 1.24 bits per heavy atom. The molecule has 0 saturated carbocycles. The molecule has 1 N–H and O–H groups in total. The van der Waals surface area contributed by atoms with E-state index in [2.05, 4.69) is 38.2 Å². The first kappa shape index (κ1) is 14.6. The van der Waals surface area contributed by atoms with Crippen LogP contribution in [0.1, 0.15) is 19.5 Å². The fraction of sp³-hybridized carbons (Fsp3) is 0.333. The van der Waals surface area contributed by atoms with Crippen molar-refractivity contribution < 1.29 is 0 Å². The molecule has 0 fully saturated rings. The summed E-state index contributed by atoms with van der Waals surface area (Å²) in [5.41, 5.74) is 2.80. The van der Waals surface area contributed by atoms with Crippen molar-refractivity contribution in [1.82, 2.24) is 20.3 Å². The number of hydrogen-bond donors (Lipinski definition) is 1. The normalized spacial score (nSPS) is 12.8. The van der Waals surface area contributed by atoms with Gasteiger partial charge in [-0.15, -0.1) is 5.10 Å². The minimum absolute atomic E-state index is 0.356. The molecular formula is C12H12Cl2N6S. The van der Waals surface area contributed by atoms with Crippen molar-refractivity contribution in [2.75, 3.05) is 0 Å². The minimum atomic E-state index is 0.356. The molecule has 0 saturated heterocycles. The van der Waals surface area contributed by atoms with Gasteiger partial charge in [-0.3, -0.25) is 0 Å². The van der Waals surface area contributed by atoms with Crippen LogP contribution < -0.4 is 5.32 Å². The molecule has 1 aromatic carbocycles. The van der Waals surface area contributed by atoms with Crippen LogP contribution in [0.25, 0.3) is 5.69 Å². The topological polar surface area (TPSA) is 67.5 Å². The molecule has 2 aromatic rings. The second-order valence-electron chi connectivity index (χ2n) is 4.82. The van der Waals surface area contributed by atoms with Gasteiger partial charge in [0.25, 0.3) is 0 Å². The Morgan fingerprint density at radius 3 is 2.76 bits per heavy atom. The molecule has 0 spiro atoms. The summed E-state index contributed by atoms with van der Waals surface area (Å²) < 4.78 is 10.2. The number of benzene rings is 1. The highest BCUT2D eigenvalue weighted by atomic mass is 35.5. The molecule has 0 radical (unpaired) electrons. The van der Waals surface area contributed by atoms with E-state index >= 15 is 0 Å². The fourth-order valence-electron chi connectivity index (χ4n) is 1.94. The molecule has 3 rings (SSSR count). The van der Waals surface area contributed by atoms with Crippen molar-refractivity contribution in [3.8, 4) is 5.69 Å². The molecule has 6 nitrogen and oxygen atoms in total. The maximum atomic E-state index is 6.33. The molecule has 0 atom stereocenters. The summed E-state index contributed by atoms with van der Waals surface area (Å²) in [5, 5.41) is 12.4. The molecule has 0 aliphatic carbocycles. The van der Waals surface area contributed by atoms with Crippen LogP contribution in [0.3, 0.4) is 0 Å². The average Bonchev–Trinajstić information content (AvgIpc) is 3.05. The first-order valence-corrected chi connectivity index (χ1v) is 7.80. The van der Waals surface area contributed by atoms with E-state index in [0.29, 0.717) is 39.7 Å². The van der Waals surface area contributed by atoms with E-state index < -0.39 is 0 Å². The molecule has 0 amide bonds. The van der Waals surface area contributed by atoms with Gasteiger partial charge in [-0.25, -0.2) is 4.68 Å². The molecule has 0 unspecified atom stereocenters. The number of aromatic nitrogens is 3. The van der Waals surface area contributed by atoms with Gasteiger partial charge >= 0.3 is 0 Å². The lowest BCUT2D eigenvalue weighted by atomic mass is 10.2. The number of nitrogens with zero attached hydrogens (tertiary/aromatic N) is 5. The monoisotopic (exact) mass is 342 g/mol. The van der Waals surface area contributed by atoms with Crippen LogP contribution in [0.15, 0.2) is 21.0 Å². The largest absolute Gasteiger partial charge is 0.309 e. The minimum Gasteiger partial charge on any atom is -0.309 e. The summed E-state index contributed by atoms with van der Waals surface area (Å²) >= 11 is 13.6. The van der Waals surface area contributed by atoms with Crippen LogP contribution in [-0.2, 0) is 17.9 Å². The van der Waals surface area contributed by atoms with Crippen molar-refractivity contribution in [2.45, 2.75) is 26.4 Å². The van der Waals surface area contributed by atoms with Crippen molar-refractivity contribution in [1.29, 1.82) is 0 Å². The molecule has 9 heteroatoms. The van der Waals surface area contributed by atoms with Crippen LogP contribution in [0, 0.1) is 0 Å². The second kappa shape index (κ2) is 5.84. The Balaban J connectivity index is 2.09. The number of rotatable bonds is 4. The smallest absolute Gasteiger partial charge is 0.133 e. The Morgan fingerprint density at radius 2 is 2.00 bits per heavy atom. The number of nitrogens with one attached hydrogen (secondary N) is 1. The zero-order valence-electron chi connectivity index (χ0n) is 11.3. The van der Waals surface area contributed by atoms with E-state index in [0.717, 1.165) is 17.0 Å². The number of hydrogen-bond acceptors (Lipinski definition) is 5. The predicted molar refractivity (Wildman–Crippen MR) is 84.9 cm³/mol. The average molecular weight is 343 g/mol. The van der Waals surface area contributed by atoms with Crippen LogP contribution >= 0.6 is 23.2 Å². The van der Waals surface area contributed by atoms with E-state index in [1.54, 1.807) is 16.9 Å². The van der Waals surface area contributed by atoms with Gasteiger partial charge in [-0.1, -0.05) is 42.3 Å². The standard InChI is InChI=1S/C12H12Cl2N6S/c1-6(2)15-4-7-5-16-19-20(7)12-9(14)3-8(13)10-11(12)18-21-17-10/h3,5-6,15H,4H2,1-2H3. The van der Waals surface area contributed by atoms with E-state index in [4.69, 9.17) is 23.2 Å². The Labute approximate surface area is 135 Å².